The van der Waals surface area contributed by atoms with Crippen LogP contribution in [-0.2, 0) is 14.3 Å². The summed E-state index contributed by atoms with van der Waals surface area (Å²) in [6.07, 6.45) is 1.89. The van der Waals surface area contributed by atoms with Crippen LogP contribution in [0.2, 0.25) is 0 Å². The first-order valence-electron chi connectivity index (χ1n) is 5.86. The fraction of sp³-hybridized carbons (Fsp3) is 0.727. The zero-order valence-corrected chi connectivity index (χ0v) is 12.3. The van der Waals surface area contributed by atoms with Gasteiger partial charge in [0, 0.05) is 19.3 Å². The molecule has 0 aromatic carbocycles. The Balaban J connectivity index is 2.28. The van der Waals surface area contributed by atoms with Gasteiger partial charge in [-0.05, 0) is 6.42 Å². The highest BCUT2D eigenvalue weighted by Crippen LogP contribution is 2.20. The van der Waals surface area contributed by atoms with Gasteiger partial charge in [0.1, 0.15) is 11.6 Å². The Morgan fingerprint density at radius 3 is 3.06 bits per heavy atom. The Bertz CT molecular complexity index is 333. The molecule has 1 heterocycles. The van der Waals surface area contributed by atoms with Crippen molar-refractivity contribution >= 4 is 29.1 Å². The zero-order valence-electron chi connectivity index (χ0n) is 10.6. The number of esters is 1. The molecule has 1 unspecified atom stereocenters. The molecule has 102 valence electrons. The van der Waals surface area contributed by atoms with Crippen LogP contribution in [0.5, 0.6) is 0 Å². The molecule has 7 heteroatoms. The zero-order chi connectivity index (χ0) is 13.2. The minimum absolute atomic E-state index is 0.228. The van der Waals surface area contributed by atoms with Crippen LogP contribution < -0.4 is 0 Å². The summed E-state index contributed by atoms with van der Waals surface area (Å²) >= 11 is 3.00. The number of rotatable bonds is 9. The van der Waals surface area contributed by atoms with E-state index in [1.165, 1.54) is 30.0 Å². The van der Waals surface area contributed by atoms with E-state index >= 15 is 0 Å². The quantitative estimate of drug-likeness (QED) is 0.395. The van der Waals surface area contributed by atoms with Crippen molar-refractivity contribution in [2.45, 2.75) is 37.1 Å². The molecular weight excluding hydrogens is 272 g/mol. The van der Waals surface area contributed by atoms with E-state index in [1.54, 1.807) is 5.51 Å². The van der Waals surface area contributed by atoms with E-state index < -0.39 is 0 Å². The number of hydrogen-bond donors (Lipinski definition) is 0. The smallest absolute Gasteiger partial charge is 0.303 e. The molecule has 0 N–H and O–H groups in total. The first-order valence-corrected chi connectivity index (χ1v) is 7.72. The van der Waals surface area contributed by atoms with Gasteiger partial charge in [-0.3, -0.25) is 4.79 Å². The molecule has 0 saturated carbocycles. The molecule has 1 aromatic rings. The van der Waals surface area contributed by atoms with Crippen LogP contribution in [0.3, 0.4) is 0 Å². The molecule has 0 radical (unpaired) electrons. The van der Waals surface area contributed by atoms with Crippen LogP contribution >= 0.6 is 23.1 Å². The Labute approximate surface area is 115 Å². The predicted molar refractivity (Wildman–Crippen MR) is 71.9 cm³/mol. The van der Waals surface area contributed by atoms with Gasteiger partial charge in [-0.25, -0.2) is 0 Å². The molecule has 0 aliphatic rings. The fourth-order valence-electron chi connectivity index (χ4n) is 1.20. The summed E-state index contributed by atoms with van der Waals surface area (Å²) in [4.78, 5) is 11.0. The van der Waals surface area contributed by atoms with E-state index in [-0.39, 0.29) is 12.1 Å². The molecule has 1 aromatic heterocycles. The standard InChI is InChI=1S/C11H18N2O3S2/c1-3-4-5-15-6-10(16-9(2)14)7-17-11-13-12-8-18-11/h8,10H,3-7H2,1-2H3. The van der Waals surface area contributed by atoms with Crippen LogP contribution in [0.4, 0.5) is 0 Å². The molecule has 0 saturated heterocycles. The number of thioether (sulfide) groups is 1. The van der Waals surface area contributed by atoms with Crippen LogP contribution in [0.25, 0.3) is 0 Å². The lowest BCUT2D eigenvalue weighted by Gasteiger charge is -2.16. The van der Waals surface area contributed by atoms with Crippen molar-refractivity contribution in [3.05, 3.63) is 5.51 Å². The number of carbonyl (C=O) groups excluding carboxylic acids is 1. The summed E-state index contributed by atoms with van der Waals surface area (Å²) in [5, 5.41) is 7.68. The molecule has 5 nitrogen and oxygen atoms in total. The number of carbonyl (C=O) groups is 1. The van der Waals surface area contributed by atoms with Crippen LogP contribution in [0.15, 0.2) is 9.85 Å². The van der Waals surface area contributed by atoms with Crippen molar-refractivity contribution in [1.29, 1.82) is 0 Å². The molecular formula is C11H18N2O3S2. The molecule has 1 rings (SSSR count). The Morgan fingerprint density at radius 2 is 2.44 bits per heavy atom. The highest BCUT2D eigenvalue weighted by atomic mass is 32.2. The van der Waals surface area contributed by atoms with E-state index in [1.807, 2.05) is 0 Å². The van der Waals surface area contributed by atoms with Gasteiger partial charge >= 0.3 is 5.97 Å². The van der Waals surface area contributed by atoms with Gasteiger partial charge in [0.25, 0.3) is 0 Å². The van der Waals surface area contributed by atoms with Crippen molar-refractivity contribution in [3.8, 4) is 0 Å². The predicted octanol–water partition coefficient (Wildman–Crippen LogP) is 2.38. The number of hydrogen-bond acceptors (Lipinski definition) is 7. The normalized spacial score (nSPS) is 12.3. The minimum Gasteiger partial charge on any atom is -0.459 e. The van der Waals surface area contributed by atoms with Gasteiger partial charge in [0.05, 0.1) is 6.61 Å². The van der Waals surface area contributed by atoms with Crippen molar-refractivity contribution in [2.75, 3.05) is 19.0 Å². The number of unbranched alkanes of at least 4 members (excludes halogenated alkanes) is 1. The molecule has 0 fully saturated rings. The number of ether oxygens (including phenoxy) is 2. The van der Waals surface area contributed by atoms with Crippen molar-refractivity contribution in [1.82, 2.24) is 10.2 Å². The lowest BCUT2D eigenvalue weighted by molar-refractivity contribution is -0.147. The van der Waals surface area contributed by atoms with Gasteiger partial charge in [-0.2, -0.15) is 0 Å². The summed E-state index contributed by atoms with van der Waals surface area (Å²) in [5.74, 6) is 0.359. The van der Waals surface area contributed by atoms with E-state index in [0.717, 1.165) is 17.2 Å². The first kappa shape index (κ1) is 15.4. The van der Waals surface area contributed by atoms with Crippen molar-refractivity contribution < 1.29 is 14.3 Å². The van der Waals surface area contributed by atoms with E-state index in [0.29, 0.717) is 19.0 Å². The van der Waals surface area contributed by atoms with E-state index in [9.17, 15) is 4.79 Å². The van der Waals surface area contributed by atoms with Crippen molar-refractivity contribution in [2.24, 2.45) is 0 Å². The maximum atomic E-state index is 11.0. The average Bonchev–Trinajstić information content (AvgIpc) is 2.83. The maximum absolute atomic E-state index is 11.0. The lowest BCUT2D eigenvalue weighted by Crippen LogP contribution is -2.25. The third kappa shape index (κ3) is 6.93. The Morgan fingerprint density at radius 1 is 1.61 bits per heavy atom. The summed E-state index contributed by atoms with van der Waals surface area (Å²) in [6, 6.07) is 0. The first-order chi connectivity index (χ1) is 8.72. The summed E-state index contributed by atoms with van der Waals surface area (Å²) in [6.45, 7) is 4.66. The van der Waals surface area contributed by atoms with Gasteiger partial charge in [0.2, 0.25) is 0 Å². The summed E-state index contributed by atoms with van der Waals surface area (Å²) in [7, 11) is 0. The highest BCUT2D eigenvalue weighted by molar-refractivity contribution is 8.01. The molecule has 0 aliphatic heterocycles. The highest BCUT2D eigenvalue weighted by Gasteiger charge is 2.14. The number of nitrogens with zero attached hydrogens (tertiary/aromatic N) is 2. The molecule has 0 spiro atoms. The monoisotopic (exact) mass is 290 g/mol. The second kappa shape index (κ2) is 9.29. The molecule has 0 bridgehead atoms. The Kier molecular flexibility index (Phi) is 7.95. The molecule has 1 atom stereocenters. The second-order valence-electron chi connectivity index (χ2n) is 3.68. The Hall–Kier alpha value is -0.660. The third-order valence-electron chi connectivity index (χ3n) is 2.01. The van der Waals surface area contributed by atoms with E-state index in [4.69, 9.17) is 9.47 Å². The topological polar surface area (TPSA) is 61.3 Å². The summed E-state index contributed by atoms with van der Waals surface area (Å²) in [5.41, 5.74) is 1.68. The van der Waals surface area contributed by atoms with Crippen molar-refractivity contribution in [3.63, 3.8) is 0 Å². The SMILES string of the molecule is CCCCOCC(CSc1nncs1)OC(C)=O. The van der Waals surface area contributed by atoms with Crippen LogP contribution in [0.1, 0.15) is 26.7 Å². The van der Waals surface area contributed by atoms with E-state index in [2.05, 4.69) is 17.1 Å². The fourth-order valence-corrected chi connectivity index (χ4v) is 2.68. The van der Waals surface area contributed by atoms with Gasteiger partial charge in [-0.1, -0.05) is 36.4 Å². The van der Waals surface area contributed by atoms with Crippen LogP contribution in [0, 0.1) is 0 Å². The second-order valence-corrected chi connectivity index (χ2v) is 5.78. The van der Waals surface area contributed by atoms with Crippen LogP contribution in [-0.4, -0.2) is 41.2 Å². The minimum atomic E-state index is -0.281. The summed E-state index contributed by atoms with van der Waals surface area (Å²) < 4.78 is 11.6. The van der Waals surface area contributed by atoms with Gasteiger partial charge < -0.3 is 9.47 Å². The third-order valence-corrected chi connectivity index (χ3v) is 4.00. The largest absolute Gasteiger partial charge is 0.459 e. The lowest BCUT2D eigenvalue weighted by atomic mass is 10.3. The molecule has 0 amide bonds. The van der Waals surface area contributed by atoms with Gasteiger partial charge in [0.15, 0.2) is 4.34 Å². The number of aromatic nitrogens is 2. The average molecular weight is 290 g/mol. The van der Waals surface area contributed by atoms with Gasteiger partial charge in [-0.15, -0.1) is 10.2 Å². The maximum Gasteiger partial charge on any atom is 0.303 e. The molecule has 0 aliphatic carbocycles. The molecule has 18 heavy (non-hydrogen) atoms.